The summed E-state index contributed by atoms with van der Waals surface area (Å²) >= 11 is 0. The molecule has 1 unspecified atom stereocenters. The third-order valence-corrected chi connectivity index (χ3v) is 3.33. The third-order valence-electron chi connectivity index (χ3n) is 3.33. The smallest absolute Gasteiger partial charge is 0.270 e. The van der Waals surface area contributed by atoms with E-state index in [1.807, 2.05) is 6.92 Å². The molecule has 0 amide bonds. The van der Waals surface area contributed by atoms with E-state index in [1.54, 1.807) is 6.20 Å². The van der Waals surface area contributed by atoms with Crippen LogP contribution in [-0.4, -0.2) is 22.4 Å². The number of nitrogens with zero attached hydrogens (tertiary/aromatic N) is 2. The highest BCUT2D eigenvalue weighted by Gasteiger charge is 2.02. The third kappa shape index (κ3) is 7.85. The summed E-state index contributed by atoms with van der Waals surface area (Å²) in [5, 5.41) is 4.14. The number of hydrogen-bond acceptors (Lipinski definition) is 4. The number of nitrogens with two attached hydrogens (primary N) is 1. The van der Waals surface area contributed by atoms with E-state index in [4.69, 9.17) is 10.5 Å². The van der Waals surface area contributed by atoms with Gasteiger partial charge >= 0.3 is 0 Å². The van der Waals surface area contributed by atoms with Crippen LogP contribution in [0.25, 0.3) is 0 Å². The molecule has 0 aromatic carbocycles. The Morgan fingerprint density at radius 3 is 2.52 bits per heavy atom. The second kappa shape index (κ2) is 10.4. The summed E-state index contributed by atoms with van der Waals surface area (Å²) < 4.78 is 6.89. The van der Waals surface area contributed by atoms with Crippen molar-refractivity contribution in [2.75, 3.05) is 6.61 Å². The summed E-state index contributed by atoms with van der Waals surface area (Å²) in [6.45, 7) is 5.15. The van der Waals surface area contributed by atoms with E-state index < -0.39 is 0 Å². The molecule has 0 spiro atoms. The normalized spacial score (nSPS) is 12.3. The SMILES string of the molecule is CCCCCCCCCn1ncc(OCC(C)N)cc1=O. The van der Waals surface area contributed by atoms with Crippen molar-refractivity contribution >= 4 is 0 Å². The molecule has 0 saturated carbocycles. The van der Waals surface area contributed by atoms with Crippen molar-refractivity contribution in [1.82, 2.24) is 9.78 Å². The molecule has 1 heterocycles. The van der Waals surface area contributed by atoms with Crippen LogP contribution in [0.3, 0.4) is 0 Å². The molecular formula is C16H29N3O2. The first kappa shape index (κ1) is 17.7. The fraction of sp³-hybridized carbons (Fsp3) is 0.750. The van der Waals surface area contributed by atoms with E-state index in [9.17, 15) is 4.79 Å². The topological polar surface area (TPSA) is 70.1 Å². The van der Waals surface area contributed by atoms with Crippen LogP contribution in [0.5, 0.6) is 5.75 Å². The summed E-state index contributed by atoms with van der Waals surface area (Å²) in [4.78, 5) is 11.9. The van der Waals surface area contributed by atoms with Gasteiger partial charge in [0.2, 0.25) is 0 Å². The fourth-order valence-electron chi connectivity index (χ4n) is 2.11. The van der Waals surface area contributed by atoms with Gasteiger partial charge in [-0.15, -0.1) is 0 Å². The van der Waals surface area contributed by atoms with E-state index in [0.29, 0.717) is 18.9 Å². The van der Waals surface area contributed by atoms with Gasteiger partial charge in [0.05, 0.1) is 6.20 Å². The van der Waals surface area contributed by atoms with Crippen LogP contribution in [0.4, 0.5) is 0 Å². The standard InChI is InChI=1S/C16H29N3O2/c1-3-4-5-6-7-8-9-10-19-16(20)11-15(12-18-19)21-13-14(2)17/h11-12,14H,3-10,13,17H2,1-2H3. The number of unbranched alkanes of at least 4 members (excludes halogenated alkanes) is 6. The first-order valence-corrected chi connectivity index (χ1v) is 8.09. The molecule has 0 radical (unpaired) electrons. The minimum absolute atomic E-state index is 0.0554. The molecule has 0 bridgehead atoms. The zero-order chi connectivity index (χ0) is 15.5. The number of aryl methyl sites for hydroxylation is 1. The maximum Gasteiger partial charge on any atom is 0.270 e. The highest BCUT2D eigenvalue weighted by atomic mass is 16.5. The highest BCUT2D eigenvalue weighted by Crippen LogP contribution is 2.08. The Balaban J connectivity index is 2.28. The van der Waals surface area contributed by atoms with Gasteiger partial charge in [-0.3, -0.25) is 4.79 Å². The molecule has 1 atom stereocenters. The van der Waals surface area contributed by atoms with Crippen molar-refractivity contribution in [2.24, 2.45) is 5.73 Å². The lowest BCUT2D eigenvalue weighted by Crippen LogP contribution is -2.26. The molecule has 1 rings (SSSR count). The largest absolute Gasteiger partial charge is 0.490 e. The molecular weight excluding hydrogens is 266 g/mol. The molecule has 0 saturated heterocycles. The first-order chi connectivity index (χ1) is 10.1. The quantitative estimate of drug-likeness (QED) is 0.637. The minimum Gasteiger partial charge on any atom is -0.490 e. The van der Waals surface area contributed by atoms with Crippen LogP contribution in [0.2, 0.25) is 0 Å². The van der Waals surface area contributed by atoms with E-state index in [1.165, 1.54) is 42.9 Å². The van der Waals surface area contributed by atoms with Crippen molar-refractivity contribution in [3.8, 4) is 5.75 Å². The minimum atomic E-state index is -0.108. The Hall–Kier alpha value is -1.36. The van der Waals surface area contributed by atoms with E-state index in [-0.39, 0.29) is 11.6 Å². The van der Waals surface area contributed by atoms with E-state index in [0.717, 1.165) is 12.8 Å². The summed E-state index contributed by atoms with van der Waals surface area (Å²) in [6, 6.07) is 1.43. The van der Waals surface area contributed by atoms with Gasteiger partial charge in [0, 0.05) is 18.7 Å². The van der Waals surface area contributed by atoms with Crippen LogP contribution in [0.15, 0.2) is 17.1 Å². The van der Waals surface area contributed by atoms with Gasteiger partial charge in [-0.25, -0.2) is 4.68 Å². The molecule has 0 fully saturated rings. The van der Waals surface area contributed by atoms with Crippen LogP contribution < -0.4 is 16.0 Å². The Labute approximate surface area is 127 Å². The second-order valence-corrected chi connectivity index (χ2v) is 5.66. The fourth-order valence-corrected chi connectivity index (χ4v) is 2.11. The number of hydrogen-bond donors (Lipinski definition) is 1. The Kier molecular flexibility index (Phi) is 8.74. The number of ether oxygens (including phenoxy) is 1. The van der Waals surface area contributed by atoms with Crippen LogP contribution in [0.1, 0.15) is 58.8 Å². The molecule has 2 N–H and O–H groups in total. The van der Waals surface area contributed by atoms with E-state index in [2.05, 4.69) is 12.0 Å². The lowest BCUT2D eigenvalue weighted by Gasteiger charge is -2.09. The zero-order valence-corrected chi connectivity index (χ0v) is 13.4. The second-order valence-electron chi connectivity index (χ2n) is 5.66. The van der Waals surface area contributed by atoms with Gasteiger partial charge in [-0.1, -0.05) is 45.4 Å². The summed E-state index contributed by atoms with van der Waals surface area (Å²) in [7, 11) is 0. The van der Waals surface area contributed by atoms with Crippen LogP contribution >= 0.6 is 0 Å². The predicted octanol–water partition coefficient (Wildman–Crippen LogP) is 2.72. The summed E-state index contributed by atoms with van der Waals surface area (Å²) in [5.74, 6) is 0.494. The van der Waals surface area contributed by atoms with Gasteiger partial charge < -0.3 is 10.5 Å². The molecule has 0 aliphatic rings. The molecule has 5 heteroatoms. The molecule has 5 nitrogen and oxygen atoms in total. The molecule has 0 aliphatic carbocycles. The molecule has 21 heavy (non-hydrogen) atoms. The summed E-state index contributed by atoms with van der Waals surface area (Å²) in [5.41, 5.74) is 5.50. The Morgan fingerprint density at radius 2 is 1.90 bits per heavy atom. The van der Waals surface area contributed by atoms with Crippen molar-refractivity contribution in [3.63, 3.8) is 0 Å². The zero-order valence-electron chi connectivity index (χ0n) is 13.4. The molecule has 0 aliphatic heterocycles. The molecule has 120 valence electrons. The van der Waals surface area contributed by atoms with Crippen LogP contribution in [-0.2, 0) is 6.54 Å². The Bertz CT molecular complexity index is 443. The average Bonchev–Trinajstić information content (AvgIpc) is 2.46. The van der Waals surface area contributed by atoms with Crippen molar-refractivity contribution < 1.29 is 4.74 Å². The lowest BCUT2D eigenvalue weighted by atomic mass is 10.1. The predicted molar refractivity (Wildman–Crippen MR) is 85.6 cm³/mol. The molecule has 1 aromatic heterocycles. The van der Waals surface area contributed by atoms with E-state index >= 15 is 0 Å². The number of aromatic nitrogens is 2. The number of rotatable bonds is 11. The van der Waals surface area contributed by atoms with Gasteiger partial charge in [-0.2, -0.15) is 5.10 Å². The molecule has 1 aromatic rings. The van der Waals surface area contributed by atoms with Crippen molar-refractivity contribution in [3.05, 3.63) is 22.6 Å². The highest BCUT2D eigenvalue weighted by molar-refractivity contribution is 5.13. The van der Waals surface area contributed by atoms with Gasteiger partial charge in [0.25, 0.3) is 5.56 Å². The lowest BCUT2D eigenvalue weighted by molar-refractivity contribution is 0.292. The van der Waals surface area contributed by atoms with Gasteiger partial charge in [0.15, 0.2) is 0 Å². The average molecular weight is 295 g/mol. The Morgan fingerprint density at radius 1 is 1.24 bits per heavy atom. The monoisotopic (exact) mass is 295 g/mol. The maximum absolute atomic E-state index is 11.9. The maximum atomic E-state index is 11.9. The van der Waals surface area contributed by atoms with Gasteiger partial charge in [0.1, 0.15) is 12.4 Å². The first-order valence-electron chi connectivity index (χ1n) is 8.09. The van der Waals surface area contributed by atoms with Crippen LogP contribution in [0, 0.1) is 0 Å². The van der Waals surface area contributed by atoms with Crippen molar-refractivity contribution in [2.45, 2.75) is 71.4 Å². The van der Waals surface area contributed by atoms with Gasteiger partial charge in [-0.05, 0) is 13.3 Å². The van der Waals surface area contributed by atoms with Crippen molar-refractivity contribution in [1.29, 1.82) is 0 Å². The summed E-state index contributed by atoms with van der Waals surface area (Å²) in [6.07, 6.45) is 10.2.